The first-order valence-electron chi connectivity index (χ1n) is 6.84. The van der Waals surface area contributed by atoms with Crippen LogP contribution in [0.5, 0.6) is 5.75 Å². The minimum Gasteiger partial charge on any atom is -0.506 e. The van der Waals surface area contributed by atoms with Crippen molar-refractivity contribution < 1.29 is 14.3 Å². The molecule has 0 bridgehead atoms. The van der Waals surface area contributed by atoms with E-state index in [0.717, 1.165) is 5.56 Å². The molecule has 0 saturated carbocycles. The Labute approximate surface area is 134 Å². The summed E-state index contributed by atoms with van der Waals surface area (Å²) in [6, 6.07) is 6.50. The quantitative estimate of drug-likeness (QED) is 0.750. The summed E-state index contributed by atoms with van der Waals surface area (Å²) in [4.78, 5) is 11.0. The van der Waals surface area contributed by atoms with Crippen LogP contribution in [0, 0.1) is 0 Å². The number of phenolic OH excluding ortho intramolecular Hbond substituents is 1. The molecule has 118 valence electrons. The van der Waals surface area contributed by atoms with Crippen molar-refractivity contribution in [2.24, 2.45) is 5.73 Å². The predicted octanol–water partition coefficient (Wildman–Crippen LogP) is 3.65. The number of carbonyl (C=O) groups is 1. The van der Waals surface area contributed by atoms with E-state index < -0.39 is 5.91 Å². The summed E-state index contributed by atoms with van der Waals surface area (Å²) < 4.78 is 5.28. The Morgan fingerprint density at radius 1 is 1.36 bits per heavy atom. The summed E-state index contributed by atoms with van der Waals surface area (Å²) in [7, 11) is 0. The highest BCUT2D eigenvalue weighted by Gasteiger charge is 2.20. The maximum absolute atomic E-state index is 11.0. The van der Waals surface area contributed by atoms with Crippen molar-refractivity contribution in [2.45, 2.75) is 32.7 Å². The zero-order valence-corrected chi connectivity index (χ0v) is 13.5. The highest BCUT2D eigenvalue weighted by atomic mass is 35.5. The van der Waals surface area contributed by atoms with Crippen LogP contribution in [0.4, 0.5) is 5.69 Å². The number of nitrogens with two attached hydrogens (primary N) is 1. The van der Waals surface area contributed by atoms with E-state index in [9.17, 15) is 9.90 Å². The third-order valence-electron chi connectivity index (χ3n) is 3.25. The van der Waals surface area contributed by atoms with Gasteiger partial charge in [0.15, 0.2) is 5.76 Å². The smallest absolute Gasteiger partial charge is 0.284 e. The number of benzene rings is 1. The summed E-state index contributed by atoms with van der Waals surface area (Å²) in [5, 5.41) is 13.6. The maximum atomic E-state index is 11.0. The van der Waals surface area contributed by atoms with Crippen LogP contribution in [0.3, 0.4) is 0 Å². The molecule has 5 nitrogen and oxygen atoms in total. The molecule has 0 unspecified atom stereocenters. The van der Waals surface area contributed by atoms with E-state index in [1.807, 2.05) is 26.8 Å². The van der Waals surface area contributed by atoms with Crippen molar-refractivity contribution in [3.8, 4) is 5.75 Å². The van der Waals surface area contributed by atoms with Gasteiger partial charge in [-0.2, -0.15) is 0 Å². The molecule has 0 spiro atoms. The normalized spacial score (nSPS) is 11.5. The van der Waals surface area contributed by atoms with Gasteiger partial charge in [0.1, 0.15) is 11.5 Å². The largest absolute Gasteiger partial charge is 0.506 e. The molecule has 0 saturated heterocycles. The van der Waals surface area contributed by atoms with Gasteiger partial charge in [0.25, 0.3) is 5.91 Å². The third-order valence-corrected chi connectivity index (χ3v) is 3.56. The second kappa shape index (κ2) is 5.93. The Morgan fingerprint density at radius 2 is 2.05 bits per heavy atom. The van der Waals surface area contributed by atoms with Gasteiger partial charge in [0.05, 0.1) is 12.2 Å². The number of rotatable bonds is 4. The van der Waals surface area contributed by atoms with Crippen molar-refractivity contribution >= 4 is 23.2 Å². The molecule has 1 aromatic carbocycles. The number of furan rings is 1. The van der Waals surface area contributed by atoms with E-state index >= 15 is 0 Å². The molecule has 2 aromatic rings. The molecule has 2 rings (SSSR count). The van der Waals surface area contributed by atoms with Crippen LogP contribution in [-0.4, -0.2) is 11.0 Å². The second-order valence-corrected chi connectivity index (χ2v) is 6.49. The van der Waals surface area contributed by atoms with Crippen molar-refractivity contribution in [3.05, 3.63) is 46.4 Å². The number of phenols is 1. The van der Waals surface area contributed by atoms with E-state index in [0.29, 0.717) is 23.0 Å². The highest BCUT2D eigenvalue weighted by Crippen LogP contribution is 2.37. The van der Waals surface area contributed by atoms with Crippen LogP contribution in [0.1, 0.15) is 42.6 Å². The Bertz CT molecular complexity index is 702. The van der Waals surface area contributed by atoms with Crippen LogP contribution in [0.15, 0.2) is 28.7 Å². The van der Waals surface area contributed by atoms with Crippen LogP contribution in [0.25, 0.3) is 0 Å². The monoisotopic (exact) mass is 322 g/mol. The van der Waals surface area contributed by atoms with Crippen molar-refractivity contribution in [3.63, 3.8) is 0 Å². The molecule has 22 heavy (non-hydrogen) atoms. The second-order valence-electron chi connectivity index (χ2n) is 6.08. The Kier molecular flexibility index (Phi) is 4.37. The molecule has 0 aliphatic heterocycles. The molecule has 6 heteroatoms. The van der Waals surface area contributed by atoms with Crippen LogP contribution in [-0.2, 0) is 12.0 Å². The number of nitrogens with one attached hydrogen (secondary N) is 1. The van der Waals surface area contributed by atoms with Crippen LogP contribution >= 0.6 is 11.6 Å². The highest BCUT2D eigenvalue weighted by molar-refractivity contribution is 6.31. The standard InChI is InChI=1S/C16H19ClN2O3/c1-16(2,3)10-6-12(13(20)7-11(10)17)19-8-9-4-5-14(22-9)15(18)21/h4-7,19-20H,8H2,1-3H3,(H2,18,21). The predicted molar refractivity (Wildman–Crippen MR) is 86.4 cm³/mol. The zero-order valence-electron chi connectivity index (χ0n) is 12.7. The molecule has 0 radical (unpaired) electrons. The molecule has 1 aromatic heterocycles. The fourth-order valence-corrected chi connectivity index (χ4v) is 2.51. The van der Waals surface area contributed by atoms with Crippen molar-refractivity contribution in [1.82, 2.24) is 0 Å². The van der Waals surface area contributed by atoms with E-state index in [-0.39, 0.29) is 16.9 Å². The summed E-state index contributed by atoms with van der Waals surface area (Å²) in [5.41, 5.74) is 6.46. The Morgan fingerprint density at radius 3 is 2.59 bits per heavy atom. The minimum atomic E-state index is -0.615. The van der Waals surface area contributed by atoms with Gasteiger partial charge >= 0.3 is 0 Å². The molecule has 0 fully saturated rings. The number of aromatic hydroxyl groups is 1. The molecular formula is C16H19ClN2O3. The van der Waals surface area contributed by atoms with Crippen molar-refractivity contribution in [2.75, 3.05) is 5.32 Å². The molecule has 1 amide bonds. The van der Waals surface area contributed by atoms with Crippen LogP contribution in [0.2, 0.25) is 5.02 Å². The maximum Gasteiger partial charge on any atom is 0.284 e. The molecule has 0 atom stereocenters. The molecule has 0 aliphatic carbocycles. The van der Waals surface area contributed by atoms with E-state index in [4.69, 9.17) is 21.8 Å². The zero-order chi connectivity index (χ0) is 16.5. The van der Waals surface area contributed by atoms with Gasteiger partial charge in [-0.05, 0) is 29.2 Å². The summed E-state index contributed by atoms with van der Waals surface area (Å²) in [5.74, 6) is 0.0863. The average Bonchev–Trinajstić information content (AvgIpc) is 2.85. The molecular weight excluding hydrogens is 304 g/mol. The van der Waals surface area contributed by atoms with Gasteiger partial charge in [-0.25, -0.2) is 0 Å². The van der Waals surface area contributed by atoms with E-state index in [2.05, 4.69) is 5.32 Å². The summed E-state index contributed by atoms with van der Waals surface area (Å²) >= 11 is 6.18. The lowest BCUT2D eigenvalue weighted by Crippen LogP contribution is -2.12. The number of halogens is 1. The van der Waals surface area contributed by atoms with Gasteiger partial charge in [-0.3, -0.25) is 4.79 Å². The number of hydrogen-bond donors (Lipinski definition) is 3. The van der Waals surface area contributed by atoms with Gasteiger partial charge in [-0.15, -0.1) is 0 Å². The third kappa shape index (κ3) is 3.54. The first kappa shape index (κ1) is 16.2. The number of hydrogen-bond acceptors (Lipinski definition) is 4. The van der Waals surface area contributed by atoms with E-state index in [1.165, 1.54) is 12.1 Å². The van der Waals surface area contributed by atoms with E-state index in [1.54, 1.807) is 6.07 Å². The summed E-state index contributed by atoms with van der Waals surface area (Å²) in [6.07, 6.45) is 0. The van der Waals surface area contributed by atoms with Crippen molar-refractivity contribution in [1.29, 1.82) is 0 Å². The first-order valence-corrected chi connectivity index (χ1v) is 7.21. The fraction of sp³-hybridized carbons (Fsp3) is 0.312. The Hall–Kier alpha value is -2.14. The molecule has 4 N–H and O–H groups in total. The lowest BCUT2D eigenvalue weighted by atomic mass is 9.86. The number of amides is 1. The van der Waals surface area contributed by atoms with Gasteiger partial charge in [-0.1, -0.05) is 32.4 Å². The van der Waals surface area contributed by atoms with Gasteiger partial charge < -0.3 is 20.6 Å². The van der Waals surface area contributed by atoms with Gasteiger partial charge in [0.2, 0.25) is 0 Å². The summed E-state index contributed by atoms with van der Waals surface area (Å²) in [6.45, 7) is 6.44. The fourth-order valence-electron chi connectivity index (χ4n) is 2.07. The molecule has 1 heterocycles. The number of anilines is 1. The first-order chi connectivity index (χ1) is 10.2. The van der Waals surface area contributed by atoms with Crippen LogP contribution < -0.4 is 11.1 Å². The SMILES string of the molecule is CC(C)(C)c1cc(NCc2ccc(C(N)=O)o2)c(O)cc1Cl. The number of carbonyl (C=O) groups excluding carboxylic acids is 1. The topological polar surface area (TPSA) is 88.5 Å². The molecule has 0 aliphatic rings. The lowest BCUT2D eigenvalue weighted by molar-refractivity contribution is 0.0972. The van der Waals surface area contributed by atoms with Gasteiger partial charge in [0, 0.05) is 11.1 Å². The lowest BCUT2D eigenvalue weighted by Gasteiger charge is -2.22. The Balaban J connectivity index is 2.20. The average molecular weight is 323 g/mol. The minimum absolute atomic E-state index is 0.0553. The number of primary amides is 1.